The van der Waals surface area contributed by atoms with Crippen LogP contribution in [-0.4, -0.2) is 16.9 Å². The van der Waals surface area contributed by atoms with Crippen molar-refractivity contribution in [3.63, 3.8) is 0 Å². The van der Waals surface area contributed by atoms with Crippen molar-refractivity contribution in [3.8, 4) is 0 Å². The highest BCUT2D eigenvalue weighted by molar-refractivity contribution is 5.93. The summed E-state index contributed by atoms with van der Waals surface area (Å²) < 4.78 is 0. The molecule has 2 unspecified atom stereocenters. The van der Waals surface area contributed by atoms with Crippen LogP contribution in [0.3, 0.4) is 0 Å². The Bertz CT molecular complexity index is 725. The first kappa shape index (κ1) is 20.0. The molecule has 6 heteroatoms. The van der Waals surface area contributed by atoms with Crippen molar-refractivity contribution >= 4 is 47.4 Å². The number of rotatable bonds is 2. The number of pyridine rings is 1. The molecule has 1 heterocycles. The normalized spacial score (nSPS) is 27.7. The molecule has 2 atom stereocenters. The summed E-state index contributed by atoms with van der Waals surface area (Å²) in [5.74, 6) is 1.87. The monoisotopic (exact) mass is 381 g/mol. The Balaban J connectivity index is 0.00000113. The summed E-state index contributed by atoms with van der Waals surface area (Å²) in [6, 6.07) is 12.1. The van der Waals surface area contributed by atoms with Gasteiger partial charge in [-0.05, 0) is 55.7 Å². The lowest BCUT2D eigenvalue weighted by atomic mass is 9.65. The second-order valence-corrected chi connectivity index (χ2v) is 7.08. The molecule has 0 radical (unpaired) electrons. The fourth-order valence-corrected chi connectivity index (χ4v) is 4.37. The molecular formula is C19H25Cl2N3O. The number of benzene rings is 1. The molecule has 4 rings (SSSR count). The van der Waals surface area contributed by atoms with Crippen LogP contribution in [0, 0.1) is 17.8 Å². The van der Waals surface area contributed by atoms with Gasteiger partial charge in [-0.2, -0.15) is 0 Å². The van der Waals surface area contributed by atoms with E-state index in [1.165, 1.54) is 19.3 Å². The van der Waals surface area contributed by atoms with Crippen LogP contribution in [0.5, 0.6) is 0 Å². The lowest BCUT2D eigenvalue weighted by molar-refractivity contribution is -0.122. The van der Waals surface area contributed by atoms with Crippen molar-refractivity contribution in [2.45, 2.75) is 38.1 Å². The van der Waals surface area contributed by atoms with Gasteiger partial charge < -0.3 is 11.1 Å². The number of anilines is 1. The molecule has 2 saturated carbocycles. The highest BCUT2D eigenvalue weighted by atomic mass is 35.5. The van der Waals surface area contributed by atoms with E-state index in [9.17, 15) is 4.79 Å². The second kappa shape index (κ2) is 8.35. The molecule has 25 heavy (non-hydrogen) atoms. The number of para-hydroxylation sites is 1. The fraction of sp³-hybridized carbons (Fsp3) is 0.474. The molecule has 0 saturated heterocycles. The zero-order chi connectivity index (χ0) is 15.8. The number of aromatic nitrogens is 1. The van der Waals surface area contributed by atoms with Crippen LogP contribution in [0.2, 0.25) is 0 Å². The number of halogens is 2. The summed E-state index contributed by atoms with van der Waals surface area (Å²) in [4.78, 5) is 17.2. The molecule has 3 N–H and O–H groups in total. The Labute approximate surface area is 160 Å². The average Bonchev–Trinajstić information content (AvgIpc) is 2.54. The fourth-order valence-electron chi connectivity index (χ4n) is 4.37. The first-order valence-corrected chi connectivity index (χ1v) is 8.63. The van der Waals surface area contributed by atoms with E-state index in [-0.39, 0.29) is 36.6 Å². The van der Waals surface area contributed by atoms with Crippen molar-refractivity contribution in [1.29, 1.82) is 0 Å². The van der Waals surface area contributed by atoms with Crippen LogP contribution >= 0.6 is 24.8 Å². The zero-order valence-electron chi connectivity index (χ0n) is 14.1. The number of nitrogens with zero attached hydrogens (tertiary/aromatic N) is 1. The van der Waals surface area contributed by atoms with Gasteiger partial charge in [-0.3, -0.25) is 4.79 Å². The van der Waals surface area contributed by atoms with Crippen LogP contribution in [0.4, 0.5) is 5.82 Å². The van der Waals surface area contributed by atoms with Gasteiger partial charge in [0, 0.05) is 17.3 Å². The molecule has 136 valence electrons. The minimum Gasteiger partial charge on any atom is -0.327 e. The average molecular weight is 382 g/mol. The van der Waals surface area contributed by atoms with Gasteiger partial charge in [0.2, 0.25) is 5.91 Å². The maximum Gasteiger partial charge on any atom is 0.228 e. The minimum atomic E-state index is 0. The van der Waals surface area contributed by atoms with Gasteiger partial charge >= 0.3 is 0 Å². The summed E-state index contributed by atoms with van der Waals surface area (Å²) in [5.41, 5.74) is 7.23. The molecule has 2 bridgehead atoms. The van der Waals surface area contributed by atoms with Crippen LogP contribution < -0.4 is 11.1 Å². The minimum absolute atomic E-state index is 0. The van der Waals surface area contributed by atoms with E-state index in [0.29, 0.717) is 23.7 Å². The third kappa shape index (κ3) is 4.08. The molecule has 0 spiro atoms. The number of carbonyl (C=O) groups excluding carboxylic acids is 1. The van der Waals surface area contributed by atoms with Gasteiger partial charge in [-0.1, -0.05) is 24.6 Å². The number of carbonyl (C=O) groups is 1. The van der Waals surface area contributed by atoms with E-state index < -0.39 is 0 Å². The van der Waals surface area contributed by atoms with Crippen LogP contribution in [0.15, 0.2) is 36.4 Å². The molecule has 1 aromatic carbocycles. The highest BCUT2D eigenvalue weighted by Gasteiger charge is 2.40. The van der Waals surface area contributed by atoms with Gasteiger partial charge in [-0.15, -0.1) is 24.8 Å². The Morgan fingerprint density at radius 2 is 1.72 bits per heavy atom. The van der Waals surface area contributed by atoms with Gasteiger partial charge in [0.05, 0.1) is 5.52 Å². The van der Waals surface area contributed by atoms with Gasteiger partial charge in [0.1, 0.15) is 5.82 Å². The zero-order valence-corrected chi connectivity index (χ0v) is 15.7. The number of amides is 1. The molecule has 2 fully saturated rings. The molecule has 1 aromatic heterocycles. The number of nitrogens with two attached hydrogens (primary N) is 1. The third-order valence-electron chi connectivity index (χ3n) is 5.63. The Kier molecular flexibility index (Phi) is 6.66. The van der Waals surface area contributed by atoms with E-state index in [2.05, 4.69) is 10.3 Å². The molecular weight excluding hydrogens is 357 g/mol. The SMILES string of the molecule is Cl.Cl.NC1C2CCCC1CC(C(=O)Nc1ccc3ccccc3n1)C2. The Hall–Kier alpha value is -1.36. The number of nitrogens with one attached hydrogen (secondary N) is 1. The maximum atomic E-state index is 12.6. The summed E-state index contributed by atoms with van der Waals surface area (Å²) in [6.07, 6.45) is 5.48. The van der Waals surface area contributed by atoms with Crippen molar-refractivity contribution in [3.05, 3.63) is 36.4 Å². The highest BCUT2D eigenvalue weighted by Crippen LogP contribution is 2.42. The lowest BCUT2D eigenvalue weighted by Crippen LogP contribution is -2.48. The molecule has 2 aliphatic carbocycles. The Morgan fingerprint density at radius 3 is 2.44 bits per heavy atom. The smallest absolute Gasteiger partial charge is 0.228 e. The van der Waals surface area contributed by atoms with Crippen LogP contribution in [0.25, 0.3) is 10.9 Å². The summed E-state index contributed by atoms with van der Waals surface area (Å²) in [7, 11) is 0. The van der Waals surface area contributed by atoms with Gasteiger partial charge in [0.25, 0.3) is 0 Å². The topological polar surface area (TPSA) is 68.0 Å². The molecule has 0 aliphatic heterocycles. The van der Waals surface area contributed by atoms with Gasteiger partial charge in [0.15, 0.2) is 0 Å². The molecule has 4 nitrogen and oxygen atoms in total. The first-order valence-electron chi connectivity index (χ1n) is 8.63. The maximum absolute atomic E-state index is 12.6. The number of hydrogen-bond donors (Lipinski definition) is 2. The van der Waals surface area contributed by atoms with Crippen molar-refractivity contribution in [1.82, 2.24) is 4.98 Å². The largest absolute Gasteiger partial charge is 0.327 e. The lowest BCUT2D eigenvalue weighted by Gasteiger charge is -2.43. The first-order chi connectivity index (χ1) is 11.2. The molecule has 2 aliphatic rings. The van der Waals surface area contributed by atoms with Crippen molar-refractivity contribution < 1.29 is 4.79 Å². The van der Waals surface area contributed by atoms with E-state index in [4.69, 9.17) is 5.73 Å². The summed E-state index contributed by atoms with van der Waals surface area (Å²) in [5, 5.41) is 4.10. The van der Waals surface area contributed by atoms with Gasteiger partial charge in [-0.25, -0.2) is 4.98 Å². The Morgan fingerprint density at radius 1 is 1.04 bits per heavy atom. The quantitative estimate of drug-likeness (QED) is 0.819. The molecule has 2 aromatic rings. The van der Waals surface area contributed by atoms with E-state index in [0.717, 1.165) is 23.7 Å². The number of hydrogen-bond acceptors (Lipinski definition) is 3. The van der Waals surface area contributed by atoms with E-state index in [1.807, 2.05) is 36.4 Å². The predicted octanol–water partition coefficient (Wildman–Crippen LogP) is 4.17. The third-order valence-corrected chi connectivity index (χ3v) is 5.63. The molecule has 1 amide bonds. The standard InChI is InChI=1S/C19H23N3O.2ClH/c20-18-13-5-3-6-14(18)11-15(10-13)19(23)22-17-9-8-12-4-1-2-7-16(12)21-17;;/h1-2,4,7-9,13-15,18H,3,5-6,10-11,20H2,(H,21,22,23);2*1H. The van der Waals surface area contributed by atoms with E-state index >= 15 is 0 Å². The predicted molar refractivity (Wildman–Crippen MR) is 106 cm³/mol. The second-order valence-electron chi connectivity index (χ2n) is 7.08. The summed E-state index contributed by atoms with van der Waals surface area (Å²) in [6.45, 7) is 0. The van der Waals surface area contributed by atoms with E-state index in [1.54, 1.807) is 0 Å². The number of fused-ring (bicyclic) bond motifs is 3. The summed E-state index contributed by atoms with van der Waals surface area (Å²) >= 11 is 0. The van der Waals surface area contributed by atoms with Crippen LogP contribution in [-0.2, 0) is 4.79 Å². The van der Waals surface area contributed by atoms with Crippen LogP contribution in [0.1, 0.15) is 32.1 Å². The van der Waals surface area contributed by atoms with Crippen molar-refractivity contribution in [2.24, 2.45) is 23.5 Å². The van der Waals surface area contributed by atoms with Crippen molar-refractivity contribution in [2.75, 3.05) is 5.32 Å².